The molecule has 10 rings (SSSR count). The van der Waals surface area contributed by atoms with Crippen molar-refractivity contribution in [3.63, 3.8) is 0 Å². The van der Waals surface area contributed by atoms with E-state index >= 15 is 0 Å². The molecule has 0 aliphatic heterocycles. The van der Waals surface area contributed by atoms with Gasteiger partial charge in [0, 0.05) is 33.3 Å². The Balaban J connectivity index is 1.09. The second-order valence-corrected chi connectivity index (χ2v) is 13.8. The van der Waals surface area contributed by atoms with Crippen LogP contribution in [0.1, 0.15) is 0 Å². The lowest BCUT2D eigenvalue weighted by atomic mass is 9.91. The van der Waals surface area contributed by atoms with Crippen LogP contribution < -0.4 is 4.90 Å². The van der Waals surface area contributed by atoms with Crippen LogP contribution in [0.4, 0.5) is 21.5 Å². The molecule has 0 saturated carbocycles. The van der Waals surface area contributed by atoms with Gasteiger partial charge < -0.3 is 9.32 Å². The first-order valence-corrected chi connectivity index (χ1v) is 18.5. The topological polar surface area (TPSA) is 16.4 Å². The molecule has 0 bridgehead atoms. The number of fused-ring (bicyclic) bond motifs is 4. The van der Waals surface area contributed by atoms with Crippen LogP contribution in [0.2, 0.25) is 0 Å². The van der Waals surface area contributed by atoms with E-state index in [1.165, 1.54) is 12.1 Å². The third kappa shape index (κ3) is 5.83. The molecule has 55 heavy (non-hydrogen) atoms. The molecular formula is C52H34FNO. The number of anilines is 3. The maximum Gasteiger partial charge on any atom is 0.143 e. The molecule has 1 aromatic heterocycles. The quantitative estimate of drug-likeness (QED) is 0.164. The van der Waals surface area contributed by atoms with Gasteiger partial charge in [0.05, 0.1) is 5.69 Å². The Morgan fingerprint density at radius 1 is 0.364 bits per heavy atom. The zero-order valence-electron chi connectivity index (χ0n) is 29.9. The highest BCUT2D eigenvalue weighted by Crippen LogP contribution is 2.44. The average molecular weight is 708 g/mol. The summed E-state index contributed by atoms with van der Waals surface area (Å²) in [5.74, 6) is -0.239. The number of hydrogen-bond acceptors (Lipinski definition) is 2. The Hall–Kier alpha value is -7.23. The van der Waals surface area contributed by atoms with Gasteiger partial charge in [0.15, 0.2) is 0 Å². The largest absolute Gasteiger partial charge is 0.455 e. The molecule has 0 aliphatic carbocycles. The van der Waals surface area contributed by atoms with Crippen molar-refractivity contribution in [2.24, 2.45) is 0 Å². The summed E-state index contributed by atoms with van der Waals surface area (Å²) in [6, 6.07) is 70.9. The highest BCUT2D eigenvalue weighted by atomic mass is 19.1. The molecule has 0 radical (unpaired) electrons. The number of nitrogens with zero attached hydrogens (tertiary/aromatic N) is 1. The number of benzene rings is 9. The fraction of sp³-hybridized carbons (Fsp3) is 0. The minimum atomic E-state index is -0.239. The molecule has 3 heteroatoms. The summed E-state index contributed by atoms with van der Waals surface area (Å²) < 4.78 is 20.3. The van der Waals surface area contributed by atoms with E-state index in [4.69, 9.17) is 4.42 Å². The smallest absolute Gasteiger partial charge is 0.143 e. The van der Waals surface area contributed by atoms with Gasteiger partial charge in [0.2, 0.25) is 0 Å². The zero-order valence-corrected chi connectivity index (χ0v) is 29.9. The van der Waals surface area contributed by atoms with Crippen molar-refractivity contribution in [3.8, 4) is 44.5 Å². The summed E-state index contributed by atoms with van der Waals surface area (Å²) in [5, 5.41) is 4.52. The van der Waals surface area contributed by atoms with E-state index in [0.29, 0.717) is 0 Å². The minimum Gasteiger partial charge on any atom is -0.455 e. The molecule has 0 atom stereocenters. The Kier molecular flexibility index (Phi) is 8.04. The molecule has 260 valence electrons. The van der Waals surface area contributed by atoms with Crippen molar-refractivity contribution in [3.05, 3.63) is 212 Å². The van der Waals surface area contributed by atoms with Gasteiger partial charge in [-0.1, -0.05) is 158 Å². The molecule has 0 aliphatic rings. The zero-order chi connectivity index (χ0) is 36.7. The van der Waals surface area contributed by atoms with E-state index in [1.807, 2.05) is 24.3 Å². The van der Waals surface area contributed by atoms with Crippen molar-refractivity contribution in [2.45, 2.75) is 0 Å². The van der Waals surface area contributed by atoms with Crippen LogP contribution in [0.15, 0.2) is 211 Å². The maximum atomic E-state index is 13.9. The highest BCUT2D eigenvalue weighted by molar-refractivity contribution is 6.10. The molecule has 0 amide bonds. The number of halogens is 1. The molecule has 0 fully saturated rings. The van der Waals surface area contributed by atoms with Gasteiger partial charge in [-0.25, -0.2) is 4.39 Å². The van der Waals surface area contributed by atoms with E-state index in [0.717, 1.165) is 94.3 Å². The lowest BCUT2D eigenvalue weighted by molar-refractivity contribution is 0.628. The first-order chi connectivity index (χ1) is 27.2. The maximum absolute atomic E-state index is 13.9. The molecule has 2 nitrogen and oxygen atoms in total. The molecular weight excluding hydrogens is 674 g/mol. The van der Waals surface area contributed by atoms with Crippen LogP contribution in [0.25, 0.3) is 77.2 Å². The average Bonchev–Trinajstić information content (AvgIpc) is 3.64. The van der Waals surface area contributed by atoms with E-state index in [-0.39, 0.29) is 5.82 Å². The number of furan rings is 1. The first-order valence-electron chi connectivity index (χ1n) is 18.5. The number of hydrogen-bond donors (Lipinski definition) is 0. The van der Waals surface area contributed by atoms with Crippen LogP contribution in [0, 0.1) is 5.82 Å². The number of para-hydroxylation sites is 3. The fourth-order valence-electron chi connectivity index (χ4n) is 7.96. The summed E-state index contributed by atoms with van der Waals surface area (Å²) >= 11 is 0. The predicted molar refractivity (Wildman–Crippen MR) is 228 cm³/mol. The fourth-order valence-corrected chi connectivity index (χ4v) is 7.96. The van der Waals surface area contributed by atoms with Crippen LogP contribution >= 0.6 is 0 Å². The summed E-state index contributed by atoms with van der Waals surface area (Å²) in [4.78, 5) is 2.34. The Morgan fingerprint density at radius 3 is 1.55 bits per heavy atom. The Bertz CT molecular complexity index is 2960. The number of rotatable bonds is 7. The summed E-state index contributed by atoms with van der Waals surface area (Å²) in [5.41, 5.74) is 13.7. The van der Waals surface area contributed by atoms with Crippen LogP contribution in [0.3, 0.4) is 0 Å². The second kappa shape index (κ2) is 13.6. The van der Waals surface area contributed by atoms with E-state index < -0.39 is 0 Å². The lowest BCUT2D eigenvalue weighted by Gasteiger charge is -2.28. The van der Waals surface area contributed by atoms with Crippen molar-refractivity contribution in [2.75, 3.05) is 4.90 Å². The Morgan fingerprint density at radius 2 is 0.855 bits per heavy atom. The molecule has 0 unspecified atom stereocenters. The van der Waals surface area contributed by atoms with Crippen molar-refractivity contribution in [1.29, 1.82) is 0 Å². The van der Waals surface area contributed by atoms with Gasteiger partial charge in [0.1, 0.15) is 17.0 Å². The van der Waals surface area contributed by atoms with Crippen LogP contribution in [-0.2, 0) is 0 Å². The van der Waals surface area contributed by atoms with E-state index in [9.17, 15) is 4.39 Å². The molecule has 10 aromatic rings. The summed E-state index contributed by atoms with van der Waals surface area (Å²) in [6.07, 6.45) is 0. The van der Waals surface area contributed by atoms with Crippen molar-refractivity contribution < 1.29 is 8.81 Å². The summed E-state index contributed by atoms with van der Waals surface area (Å²) in [6.45, 7) is 0. The molecule has 1 heterocycles. The van der Waals surface area contributed by atoms with Gasteiger partial charge in [-0.15, -0.1) is 0 Å². The normalized spacial score (nSPS) is 11.4. The molecule has 0 spiro atoms. The molecule has 9 aromatic carbocycles. The molecule has 0 N–H and O–H groups in total. The third-order valence-corrected chi connectivity index (χ3v) is 10.6. The highest BCUT2D eigenvalue weighted by Gasteiger charge is 2.19. The standard InChI is InChI=1S/C52H34FNO/c53-40-29-23-36(24-30-40)44-17-8-13-39-14-9-18-45(51(39)44)37-25-31-41(32-26-37)54(49-21-6-4-15-43(49)35-11-2-1-3-12-35)42-33-27-38(28-34-42)46-19-10-20-48-47-16-5-7-22-50(47)55-52(46)48/h1-34H. The predicted octanol–water partition coefficient (Wildman–Crippen LogP) is 15.0. The van der Waals surface area contributed by atoms with Crippen molar-refractivity contribution in [1.82, 2.24) is 0 Å². The lowest BCUT2D eigenvalue weighted by Crippen LogP contribution is -2.11. The van der Waals surface area contributed by atoms with Gasteiger partial charge in [-0.2, -0.15) is 0 Å². The monoisotopic (exact) mass is 707 g/mol. The van der Waals surface area contributed by atoms with E-state index in [2.05, 4.69) is 175 Å². The van der Waals surface area contributed by atoms with Gasteiger partial charge >= 0.3 is 0 Å². The van der Waals surface area contributed by atoms with E-state index in [1.54, 1.807) is 0 Å². The van der Waals surface area contributed by atoms with Crippen molar-refractivity contribution >= 4 is 49.8 Å². The minimum absolute atomic E-state index is 0.239. The first kappa shape index (κ1) is 32.4. The second-order valence-electron chi connectivity index (χ2n) is 13.8. The van der Waals surface area contributed by atoms with Gasteiger partial charge in [-0.05, 0) is 92.7 Å². The van der Waals surface area contributed by atoms with Crippen LogP contribution in [-0.4, -0.2) is 0 Å². The Labute approximate surface area is 319 Å². The SMILES string of the molecule is Fc1ccc(-c2cccc3cccc(-c4ccc(N(c5ccc(-c6cccc7c6oc6ccccc67)cc5)c5ccccc5-c5ccccc5)cc4)c23)cc1. The third-order valence-electron chi connectivity index (χ3n) is 10.6. The van der Waals surface area contributed by atoms with Gasteiger partial charge in [-0.3, -0.25) is 0 Å². The molecule has 0 saturated heterocycles. The summed E-state index contributed by atoms with van der Waals surface area (Å²) in [7, 11) is 0. The van der Waals surface area contributed by atoms with Crippen LogP contribution in [0.5, 0.6) is 0 Å². The van der Waals surface area contributed by atoms with Gasteiger partial charge in [0.25, 0.3) is 0 Å².